The van der Waals surface area contributed by atoms with Gasteiger partial charge in [0.05, 0.1) is 5.69 Å². The fraction of sp³-hybridized carbons (Fsp3) is 0.556. The Kier molecular flexibility index (Phi) is 5.39. The minimum atomic E-state index is -0.0981. The maximum absolute atomic E-state index is 12.6. The van der Waals surface area contributed by atoms with Crippen LogP contribution < -0.4 is 10.5 Å². The van der Waals surface area contributed by atoms with Crippen LogP contribution in [0.4, 0.5) is 5.95 Å². The van der Waals surface area contributed by atoms with Crippen LogP contribution in [0.2, 0.25) is 0 Å². The summed E-state index contributed by atoms with van der Waals surface area (Å²) in [5.41, 5.74) is 1.41. The smallest absolute Gasteiger partial charge is 0.255 e. The van der Waals surface area contributed by atoms with Crippen molar-refractivity contribution in [1.29, 1.82) is 0 Å². The number of hydrogen-bond acceptors (Lipinski definition) is 5. The SMILES string of the molecule is CCc1nccn1CCC(=O)N1CCc2nc(N(C)C)[nH]c(=O)c2CC1. The van der Waals surface area contributed by atoms with Gasteiger partial charge in [-0.25, -0.2) is 9.97 Å². The molecule has 0 unspecified atom stereocenters. The maximum Gasteiger partial charge on any atom is 0.255 e. The van der Waals surface area contributed by atoms with Crippen LogP contribution in [-0.2, 0) is 30.6 Å². The molecule has 0 bridgehead atoms. The molecule has 140 valence electrons. The van der Waals surface area contributed by atoms with E-state index >= 15 is 0 Å². The second kappa shape index (κ2) is 7.72. The second-order valence-electron chi connectivity index (χ2n) is 6.73. The lowest BCUT2D eigenvalue weighted by Gasteiger charge is -2.20. The van der Waals surface area contributed by atoms with Gasteiger partial charge >= 0.3 is 0 Å². The molecule has 8 nitrogen and oxygen atoms in total. The Morgan fingerprint density at radius 2 is 2.08 bits per heavy atom. The third kappa shape index (κ3) is 3.79. The van der Waals surface area contributed by atoms with Crippen LogP contribution in [0.25, 0.3) is 0 Å². The second-order valence-corrected chi connectivity index (χ2v) is 6.73. The molecule has 0 aliphatic carbocycles. The van der Waals surface area contributed by atoms with Crippen molar-refractivity contribution >= 4 is 11.9 Å². The highest BCUT2D eigenvalue weighted by Crippen LogP contribution is 2.14. The molecule has 1 amide bonds. The van der Waals surface area contributed by atoms with E-state index in [-0.39, 0.29) is 11.5 Å². The average molecular weight is 358 g/mol. The molecule has 26 heavy (non-hydrogen) atoms. The Morgan fingerprint density at radius 1 is 1.31 bits per heavy atom. The first-order valence-electron chi connectivity index (χ1n) is 9.06. The topological polar surface area (TPSA) is 87.1 Å². The number of nitrogens with one attached hydrogen (secondary N) is 1. The number of H-pyrrole nitrogens is 1. The van der Waals surface area contributed by atoms with Crippen molar-refractivity contribution in [1.82, 2.24) is 24.4 Å². The number of imidazole rings is 1. The fourth-order valence-electron chi connectivity index (χ4n) is 3.29. The molecule has 3 heterocycles. The number of fused-ring (bicyclic) bond motifs is 1. The third-order valence-electron chi connectivity index (χ3n) is 4.80. The van der Waals surface area contributed by atoms with Gasteiger partial charge in [0.2, 0.25) is 11.9 Å². The molecule has 0 fully saturated rings. The summed E-state index contributed by atoms with van der Waals surface area (Å²) >= 11 is 0. The van der Waals surface area contributed by atoms with Gasteiger partial charge in [-0.15, -0.1) is 0 Å². The average Bonchev–Trinajstić information content (AvgIpc) is 2.96. The van der Waals surface area contributed by atoms with Crippen molar-refractivity contribution in [2.75, 3.05) is 32.1 Å². The predicted octanol–water partition coefficient (Wildman–Crippen LogP) is 0.612. The third-order valence-corrected chi connectivity index (χ3v) is 4.80. The van der Waals surface area contributed by atoms with E-state index < -0.39 is 0 Å². The lowest BCUT2D eigenvalue weighted by molar-refractivity contribution is -0.131. The van der Waals surface area contributed by atoms with Crippen molar-refractivity contribution in [3.05, 3.63) is 39.8 Å². The van der Waals surface area contributed by atoms with Crippen molar-refractivity contribution in [3.8, 4) is 0 Å². The van der Waals surface area contributed by atoms with Gasteiger partial charge in [0.25, 0.3) is 5.56 Å². The molecule has 0 saturated carbocycles. The van der Waals surface area contributed by atoms with Gasteiger partial charge < -0.3 is 14.4 Å². The minimum absolute atomic E-state index is 0.0981. The number of carbonyl (C=O) groups is 1. The molecule has 0 spiro atoms. The summed E-state index contributed by atoms with van der Waals surface area (Å²) in [5.74, 6) is 1.66. The van der Waals surface area contributed by atoms with Crippen molar-refractivity contribution in [3.63, 3.8) is 0 Å². The number of aromatic nitrogens is 4. The summed E-state index contributed by atoms with van der Waals surface area (Å²) in [6.07, 6.45) is 6.12. The first kappa shape index (κ1) is 18.2. The summed E-state index contributed by atoms with van der Waals surface area (Å²) in [6.45, 7) is 3.84. The molecule has 8 heteroatoms. The van der Waals surface area contributed by atoms with E-state index in [9.17, 15) is 9.59 Å². The highest BCUT2D eigenvalue weighted by molar-refractivity contribution is 5.76. The zero-order valence-electron chi connectivity index (χ0n) is 15.7. The van der Waals surface area contributed by atoms with Crippen molar-refractivity contribution in [2.24, 2.45) is 0 Å². The van der Waals surface area contributed by atoms with Gasteiger partial charge in [0, 0.05) is 70.9 Å². The molecule has 0 saturated heterocycles. The molecule has 2 aromatic heterocycles. The number of carbonyl (C=O) groups excluding carboxylic acids is 1. The minimum Gasteiger partial charge on any atom is -0.348 e. The van der Waals surface area contributed by atoms with Crippen LogP contribution >= 0.6 is 0 Å². The molecule has 1 aliphatic heterocycles. The molecule has 0 atom stereocenters. The van der Waals surface area contributed by atoms with Crippen LogP contribution in [-0.4, -0.2) is 57.5 Å². The van der Waals surface area contributed by atoms with Crippen LogP contribution in [0, 0.1) is 0 Å². The summed E-state index contributed by atoms with van der Waals surface area (Å²) in [5, 5.41) is 0. The van der Waals surface area contributed by atoms with Crippen LogP contribution in [0.3, 0.4) is 0 Å². The largest absolute Gasteiger partial charge is 0.348 e. The molecule has 1 N–H and O–H groups in total. The van der Waals surface area contributed by atoms with E-state index in [4.69, 9.17) is 0 Å². The van der Waals surface area contributed by atoms with Crippen molar-refractivity contribution in [2.45, 2.75) is 39.2 Å². The molecule has 0 radical (unpaired) electrons. The molecular weight excluding hydrogens is 332 g/mol. The monoisotopic (exact) mass is 358 g/mol. The zero-order chi connectivity index (χ0) is 18.7. The molecule has 1 aliphatic rings. The van der Waals surface area contributed by atoms with Gasteiger partial charge in [-0.2, -0.15) is 0 Å². The summed E-state index contributed by atoms with van der Waals surface area (Å²) in [4.78, 5) is 40.3. The van der Waals surface area contributed by atoms with Gasteiger partial charge in [-0.05, 0) is 6.42 Å². The Hall–Kier alpha value is -2.64. The van der Waals surface area contributed by atoms with E-state index in [0.29, 0.717) is 50.4 Å². The first-order chi connectivity index (χ1) is 12.5. The molecule has 3 rings (SSSR count). The standard InChI is InChI=1S/C18H26N6O2/c1-4-15-19-8-12-23(15)11-7-16(25)24-9-5-13-14(6-10-24)20-18(22(2)3)21-17(13)26/h8,12H,4-7,9-11H2,1-3H3,(H,20,21,26). The zero-order valence-corrected chi connectivity index (χ0v) is 15.7. The number of rotatable bonds is 5. The quantitative estimate of drug-likeness (QED) is 0.846. The van der Waals surface area contributed by atoms with Crippen LogP contribution in [0.5, 0.6) is 0 Å². The Balaban J connectivity index is 1.66. The fourth-order valence-corrected chi connectivity index (χ4v) is 3.29. The predicted molar refractivity (Wildman–Crippen MR) is 99.4 cm³/mol. The normalized spacial score (nSPS) is 14.0. The number of anilines is 1. The van der Waals surface area contributed by atoms with E-state index in [0.717, 1.165) is 17.9 Å². The summed E-state index contributed by atoms with van der Waals surface area (Å²) < 4.78 is 2.03. The number of aryl methyl sites for hydroxylation is 2. The molecular formula is C18H26N6O2. The van der Waals surface area contributed by atoms with Gasteiger partial charge in [0.15, 0.2) is 0 Å². The maximum atomic E-state index is 12.6. The van der Waals surface area contributed by atoms with Gasteiger partial charge in [-0.1, -0.05) is 6.92 Å². The van der Waals surface area contributed by atoms with Gasteiger partial charge in [0.1, 0.15) is 5.82 Å². The van der Waals surface area contributed by atoms with Crippen molar-refractivity contribution < 1.29 is 4.79 Å². The number of aromatic amines is 1. The Bertz CT molecular complexity index is 838. The number of nitrogens with zero attached hydrogens (tertiary/aromatic N) is 5. The van der Waals surface area contributed by atoms with E-state index in [1.807, 2.05) is 29.8 Å². The summed E-state index contributed by atoms with van der Waals surface area (Å²) in [6, 6.07) is 0. The first-order valence-corrected chi connectivity index (χ1v) is 9.06. The van der Waals surface area contributed by atoms with E-state index in [2.05, 4.69) is 21.9 Å². The number of hydrogen-bond donors (Lipinski definition) is 1. The molecule has 2 aromatic rings. The highest BCUT2D eigenvalue weighted by atomic mass is 16.2. The highest BCUT2D eigenvalue weighted by Gasteiger charge is 2.22. The van der Waals surface area contributed by atoms with Crippen LogP contribution in [0.1, 0.15) is 30.4 Å². The number of amides is 1. The summed E-state index contributed by atoms with van der Waals surface area (Å²) in [7, 11) is 3.69. The van der Waals surface area contributed by atoms with Crippen LogP contribution in [0.15, 0.2) is 17.2 Å². The lowest BCUT2D eigenvalue weighted by atomic mass is 10.1. The Labute approximate surface area is 152 Å². The lowest BCUT2D eigenvalue weighted by Crippen LogP contribution is -2.34. The van der Waals surface area contributed by atoms with E-state index in [1.54, 1.807) is 11.1 Å². The Morgan fingerprint density at radius 3 is 2.81 bits per heavy atom. The van der Waals surface area contributed by atoms with Gasteiger partial charge in [-0.3, -0.25) is 14.6 Å². The molecule has 0 aromatic carbocycles. The van der Waals surface area contributed by atoms with E-state index in [1.165, 1.54) is 0 Å².